The van der Waals surface area contributed by atoms with E-state index in [1.54, 1.807) is 24.3 Å². The maximum atomic E-state index is 12.6. The normalized spacial score (nSPS) is 11.2. The number of hydrogen-bond donors (Lipinski definition) is 0. The molecule has 152 valence electrons. The van der Waals surface area contributed by atoms with Gasteiger partial charge in [0.05, 0.1) is 5.39 Å². The van der Waals surface area contributed by atoms with Crippen molar-refractivity contribution in [3.8, 4) is 11.4 Å². The van der Waals surface area contributed by atoms with E-state index in [-0.39, 0.29) is 23.8 Å². The van der Waals surface area contributed by atoms with E-state index in [9.17, 15) is 9.59 Å². The lowest BCUT2D eigenvalue weighted by Gasteiger charge is -2.07. The molecule has 0 unspecified atom stereocenters. The van der Waals surface area contributed by atoms with Gasteiger partial charge in [-0.25, -0.2) is 9.48 Å². The Balaban J connectivity index is 1.51. The summed E-state index contributed by atoms with van der Waals surface area (Å²) in [5, 5.41) is 8.83. The Hall–Kier alpha value is -3.81. The highest BCUT2D eigenvalue weighted by Gasteiger charge is 2.18. The maximum Gasteiger partial charge on any atom is 0.359 e. The SMILES string of the molecule is CC(C)c1ccc(-c2noc(COC(=O)c3nn(C)c(=O)c4ccccc34)n2)cc1. The van der Waals surface area contributed by atoms with Crippen molar-refractivity contribution in [2.24, 2.45) is 7.05 Å². The van der Waals surface area contributed by atoms with Crippen LogP contribution in [0.3, 0.4) is 0 Å². The number of hydrogen-bond acceptors (Lipinski definition) is 7. The molecule has 30 heavy (non-hydrogen) atoms. The highest BCUT2D eigenvalue weighted by Crippen LogP contribution is 2.21. The Kier molecular flexibility index (Phi) is 5.14. The maximum absolute atomic E-state index is 12.6. The van der Waals surface area contributed by atoms with Crippen LogP contribution in [0.1, 0.15) is 41.7 Å². The van der Waals surface area contributed by atoms with E-state index in [1.807, 2.05) is 24.3 Å². The third kappa shape index (κ3) is 3.71. The van der Waals surface area contributed by atoms with Crippen LogP contribution >= 0.6 is 0 Å². The standard InChI is InChI=1S/C22H20N4O4/c1-13(2)14-8-10-15(11-9-14)20-23-18(30-25-20)12-29-22(28)19-16-6-4-5-7-17(16)21(27)26(3)24-19/h4-11,13H,12H2,1-3H3. The van der Waals surface area contributed by atoms with Crippen LogP contribution in [0.25, 0.3) is 22.2 Å². The molecular formula is C22H20N4O4. The molecule has 4 rings (SSSR count). The summed E-state index contributed by atoms with van der Waals surface area (Å²) in [4.78, 5) is 29.1. The van der Waals surface area contributed by atoms with Gasteiger partial charge in [0.2, 0.25) is 5.82 Å². The average molecular weight is 404 g/mol. The van der Waals surface area contributed by atoms with Crippen LogP contribution in [0.15, 0.2) is 57.8 Å². The lowest BCUT2D eigenvalue weighted by molar-refractivity contribution is 0.0423. The van der Waals surface area contributed by atoms with Crippen LogP contribution in [-0.4, -0.2) is 25.9 Å². The quantitative estimate of drug-likeness (QED) is 0.470. The minimum atomic E-state index is -0.678. The summed E-state index contributed by atoms with van der Waals surface area (Å²) < 4.78 is 11.6. The molecule has 8 nitrogen and oxygen atoms in total. The van der Waals surface area contributed by atoms with Crippen LogP contribution in [-0.2, 0) is 18.4 Å². The molecule has 0 N–H and O–H groups in total. The van der Waals surface area contributed by atoms with E-state index in [0.29, 0.717) is 22.5 Å². The number of carbonyl (C=O) groups excluding carboxylic acids is 1. The van der Waals surface area contributed by atoms with Crippen molar-refractivity contribution in [3.05, 3.63) is 76.0 Å². The van der Waals surface area contributed by atoms with E-state index in [4.69, 9.17) is 9.26 Å². The van der Waals surface area contributed by atoms with Crippen molar-refractivity contribution in [2.45, 2.75) is 26.4 Å². The Morgan fingerprint density at radius 3 is 2.50 bits per heavy atom. The monoisotopic (exact) mass is 404 g/mol. The third-order valence-corrected chi connectivity index (χ3v) is 4.78. The fraction of sp³-hybridized carbons (Fsp3) is 0.227. The molecule has 2 aromatic heterocycles. The molecule has 8 heteroatoms. The zero-order valence-corrected chi connectivity index (χ0v) is 16.8. The van der Waals surface area contributed by atoms with Crippen molar-refractivity contribution in [3.63, 3.8) is 0 Å². The Morgan fingerprint density at radius 1 is 1.10 bits per heavy atom. The molecule has 0 bridgehead atoms. The van der Waals surface area contributed by atoms with Crippen LogP contribution in [0.5, 0.6) is 0 Å². The van der Waals surface area contributed by atoms with Crippen molar-refractivity contribution in [1.82, 2.24) is 19.9 Å². The molecule has 0 radical (unpaired) electrons. The fourth-order valence-corrected chi connectivity index (χ4v) is 3.09. The number of esters is 1. The zero-order chi connectivity index (χ0) is 21.3. The van der Waals surface area contributed by atoms with Crippen molar-refractivity contribution >= 4 is 16.7 Å². The first-order valence-corrected chi connectivity index (χ1v) is 9.50. The number of carbonyl (C=O) groups is 1. The van der Waals surface area contributed by atoms with E-state index in [1.165, 1.54) is 12.6 Å². The summed E-state index contributed by atoms with van der Waals surface area (Å²) in [5.74, 6) is 0.340. The summed E-state index contributed by atoms with van der Waals surface area (Å²) in [5.41, 5.74) is 1.80. The second-order valence-electron chi connectivity index (χ2n) is 7.19. The van der Waals surface area contributed by atoms with Gasteiger partial charge in [0.1, 0.15) is 0 Å². The lowest BCUT2D eigenvalue weighted by atomic mass is 10.0. The van der Waals surface area contributed by atoms with Gasteiger partial charge in [-0.3, -0.25) is 4.79 Å². The topological polar surface area (TPSA) is 100 Å². The summed E-state index contributed by atoms with van der Waals surface area (Å²) in [6.07, 6.45) is 0. The summed E-state index contributed by atoms with van der Waals surface area (Å²) >= 11 is 0. The van der Waals surface area contributed by atoms with Gasteiger partial charge < -0.3 is 9.26 Å². The largest absolute Gasteiger partial charge is 0.451 e. The molecule has 2 aromatic carbocycles. The fourth-order valence-electron chi connectivity index (χ4n) is 3.09. The molecule has 0 spiro atoms. The molecule has 0 amide bonds. The number of aryl methyl sites for hydroxylation is 1. The van der Waals surface area contributed by atoms with Crippen LogP contribution < -0.4 is 5.56 Å². The minimum Gasteiger partial charge on any atom is -0.451 e. The van der Waals surface area contributed by atoms with Gasteiger partial charge in [0.25, 0.3) is 11.4 Å². The predicted octanol–water partition coefficient (Wildman–Crippen LogP) is 3.46. The predicted molar refractivity (Wildman–Crippen MR) is 110 cm³/mol. The Labute approximate surface area is 172 Å². The highest BCUT2D eigenvalue weighted by molar-refractivity contribution is 6.02. The lowest BCUT2D eigenvalue weighted by Crippen LogP contribution is -2.23. The first-order chi connectivity index (χ1) is 14.4. The molecule has 0 aliphatic carbocycles. The molecular weight excluding hydrogens is 384 g/mol. The molecule has 0 saturated heterocycles. The smallest absolute Gasteiger partial charge is 0.359 e. The van der Waals surface area contributed by atoms with E-state index >= 15 is 0 Å². The van der Waals surface area contributed by atoms with Gasteiger partial charge in [-0.1, -0.05) is 61.5 Å². The van der Waals surface area contributed by atoms with Crippen LogP contribution in [0, 0.1) is 0 Å². The first kappa shape index (κ1) is 19.5. The second-order valence-corrected chi connectivity index (χ2v) is 7.19. The molecule has 0 atom stereocenters. The molecule has 0 fully saturated rings. The number of ether oxygens (including phenoxy) is 1. The molecule has 2 heterocycles. The van der Waals surface area contributed by atoms with Crippen molar-refractivity contribution < 1.29 is 14.1 Å². The number of aromatic nitrogens is 4. The van der Waals surface area contributed by atoms with E-state index in [2.05, 4.69) is 29.1 Å². The zero-order valence-electron chi connectivity index (χ0n) is 16.8. The minimum absolute atomic E-state index is 0.0525. The van der Waals surface area contributed by atoms with Crippen molar-refractivity contribution in [2.75, 3.05) is 0 Å². The van der Waals surface area contributed by atoms with Gasteiger partial charge in [0.15, 0.2) is 12.3 Å². The number of fused-ring (bicyclic) bond motifs is 1. The highest BCUT2D eigenvalue weighted by atomic mass is 16.6. The van der Waals surface area contributed by atoms with E-state index in [0.717, 1.165) is 10.2 Å². The van der Waals surface area contributed by atoms with Crippen LogP contribution in [0.2, 0.25) is 0 Å². The van der Waals surface area contributed by atoms with Gasteiger partial charge in [-0.15, -0.1) is 0 Å². The van der Waals surface area contributed by atoms with Crippen LogP contribution in [0.4, 0.5) is 0 Å². The number of nitrogens with zero attached hydrogens (tertiary/aromatic N) is 4. The summed E-state index contributed by atoms with van der Waals surface area (Å²) in [6.45, 7) is 4.05. The van der Waals surface area contributed by atoms with E-state index < -0.39 is 5.97 Å². The Bertz CT molecular complexity index is 1270. The Morgan fingerprint density at radius 2 is 1.80 bits per heavy atom. The summed E-state index contributed by atoms with van der Waals surface area (Å²) in [6, 6.07) is 14.7. The molecule has 4 aromatic rings. The molecule has 0 saturated carbocycles. The third-order valence-electron chi connectivity index (χ3n) is 4.78. The second kappa shape index (κ2) is 7.90. The summed E-state index contributed by atoms with van der Waals surface area (Å²) in [7, 11) is 1.49. The van der Waals surface area contributed by atoms with Gasteiger partial charge in [0, 0.05) is 18.0 Å². The number of rotatable bonds is 5. The van der Waals surface area contributed by atoms with Gasteiger partial charge in [-0.2, -0.15) is 10.1 Å². The average Bonchev–Trinajstić information content (AvgIpc) is 3.24. The number of benzene rings is 2. The van der Waals surface area contributed by atoms with Gasteiger partial charge in [-0.05, 0) is 17.5 Å². The first-order valence-electron chi connectivity index (χ1n) is 9.50. The molecule has 0 aliphatic rings. The van der Waals surface area contributed by atoms with Gasteiger partial charge >= 0.3 is 5.97 Å². The van der Waals surface area contributed by atoms with Crippen molar-refractivity contribution in [1.29, 1.82) is 0 Å². The molecule has 0 aliphatic heterocycles.